The Balaban J connectivity index is 0.000000260. The number of hydrogen-bond donors (Lipinski definition) is 2. The number of ether oxygens (including phenoxy) is 4. The minimum absolute atomic E-state index is 0.0223. The fourth-order valence-corrected chi connectivity index (χ4v) is 7.93. The van der Waals surface area contributed by atoms with Gasteiger partial charge < -0.3 is 43.7 Å². The van der Waals surface area contributed by atoms with Gasteiger partial charge in [0.1, 0.15) is 29.5 Å². The van der Waals surface area contributed by atoms with Crippen molar-refractivity contribution < 1.29 is 52.8 Å². The molecule has 0 bridgehead atoms. The summed E-state index contributed by atoms with van der Waals surface area (Å²) < 4.78 is 24.1. The molecule has 1 aromatic carbocycles. The first-order valence-corrected chi connectivity index (χ1v) is 22.3. The summed E-state index contributed by atoms with van der Waals surface area (Å²) in [6, 6.07) is 5.52. The van der Waals surface area contributed by atoms with Gasteiger partial charge in [-0.3, -0.25) is 14.6 Å². The van der Waals surface area contributed by atoms with Gasteiger partial charge in [-0.2, -0.15) is 0 Å². The fourth-order valence-electron chi connectivity index (χ4n) is 7.93. The highest BCUT2D eigenvalue weighted by Crippen LogP contribution is 2.25. The number of nitrogens with one attached hydrogen (secondary N) is 1. The lowest BCUT2D eigenvalue weighted by atomic mass is 9.98. The van der Waals surface area contributed by atoms with Crippen molar-refractivity contribution in [1.82, 2.24) is 29.2 Å². The molecular formula is C45H67N7O11. The van der Waals surface area contributed by atoms with E-state index >= 15 is 0 Å². The lowest BCUT2D eigenvalue weighted by molar-refractivity contribution is -0.145. The van der Waals surface area contributed by atoms with Crippen molar-refractivity contribution in [2.45, 2.75) is 155 Å². The summed E-state index contributed by atoms with van der Waals surface area (Å²) >= 11 is 0. The molecule has 2 atom stereocenters. The number of carboxylic acids is 1. The molecule has 348 valence electrons. The number of piperazine rings is 2. The molecule has 4 fully saturated rings. The number of amides is 5. The number of nitrogens with zero attached hydrogens (tertiary/aromatic N) is 6. The molecular weight excluding hydrogens is 815 g/mol. The van der Waals surface area contributed by atoms with Crippen molar-refractivity contribution in [2.24, 2.45) is 0 Å². The number of aryl methyl sites for hydroxylation is 1. The number of aromatic nitrogens is 2. The smallest absolute Gasteiger partial charge is 0.410 e. The van der Waals surface area contributed by atoms with Gasteiger partial charge in [0.15, 0.2) is 6.04 Å². The predicted octanol–water partition coefficient (Wildman–Crippen LogP) is 7.03. The maximum atomic E-state index is 13.6. The maximum absolute atomic E-state index is 13.6. The zero-order valence-electron chi connectivity index (χ0n) is 38.0. The van der Waals surface area contributed by atoms with Gasteiger partial charge >= 0.3 is 30.3 Å². The van der Waals surface area contributed by atoms with E-state index in [1.807, 2.05) is 29.7 Å². The van der Waals surface area contributed by atoms with Crippen LogP contribution in [0, 0.1) is 6.92 Å². The van der Waals surface area contributed by atoms with Crippen LogP contribution in [0.15, 0.2) is 36.8 Å². The summed E-state index contributed by atoms with van der Waals surface area (Å²) in [4.78, 5) is 85.3. The first kappa shape index (κ1) is 48.5. The van der Waals surface area contributed by atoms with E-state index in [1.54, 1.807) is 60.1 Å². The van der Waals surface area contributed by atoms with E-state index in [1.165, 1.54) is 19.6 Å². The summed E-state index contributed by atoms with van der Waals surface area (Å²) in [6.45, 7) is 13.9. The molecule has 2 saturated carbocycles. The van der Waals surface area contributed by atoms with Crippen LogP contribution in [0.4, 0.5) is 24.9 Å². The Bertz CT molecular complexity index is 1900. The number of hydrogen-bond acceptors (Lipinski definition) is 11. The number of carbonyl (C=O) groups excluding carboxylic acids is 5. The molecule has 18 heteroatoms. The van der Waals surface area contributed by atoms with Crippen LogP contribution in [-0.4, -0.2) is 145 Å². The quantitative estimate of drug-likeness (QED) is 0.269. The van der Waals surface area contributed by atoms with Crippen LogP contribution in [0.2, 0.25) is 0 Å². The third kappa shape index (κ3) is 14.8. The van der Waals surface area contributed by atoms with Crippen LogP contribution in [0.25, 0.3) is 0 Å². The molecule has 3 heterocycles. The Morgan fingerprint density at radius 2 is 1.19 bits per heavy atom. The summed E-state index contributed by atoms with van der Waals surface area (Å²) in [5.74, 6) is -1.54. The van der Waals surface area contributed by atoms with E-state index in [9.17, 15) is 33.9 Å². The van der Waals surface area contributed by atoms with Gasteiger partial charge in [-0.1, -0.05) is 25.0 Å². The molecule has 2 aliphatic carbocycles. The molecule has 0 radical (unpaired) electrons. The molecule has 4 aliphatic rings. The lowest BCUT2D eigenvalue weighted by Gasteiger charge is -2.40. The molecule has 2 saturated heterocycles. The third-order valence-corrected chi connectivity index (χ3v) is 11.2. The van der Waals surface area contributed by atoms with Crippen LogP contribution >= 0.6 is 0 Å². The maximum Gasteiger partial charge on any atom is 0.410 e. The average Bonchev–Trinajstić information content (AvgIpc) is 3.63. The van der Waals surface area contributed by atoms with Gasteiger partial charge in [-0.25, -0.2) is 29.0 Å². The standard InChI is InChI=1S/C28H39N5O5.C17H28N2O6/c1-20-16-29-19-32(20)17-21-9-8-10-22(15-21)30-25(34)24-18-31(26(35)38-28(2,3)4)13-14-33(24)27(36)37-23-11-6-5-7-12-23;1-17(2,3)25-15(22)18-9-10-19(13(11-18)14(20)21)16(23)24-12-7-5-4-6-8-12/h8-10,15-16,19,23-24H,5-7,11-14,17-18H2,1-4H3,(H,30,34);12-13H,4-11H2,1-3H3,(H,20,21). The van der Waals surface area contributed by atoms with Crippen molar-refractivity contribution in [3.05, 3.63) is 48.0 Å². The van der Waals surface area contributed by atoms with Crippen molar-refractivity contribution in [3.8, 4) is 0 Å². The van der Waals surface area contributed by atoms with E-state index in [4.69, 9.17) is 18.9 Å². The van der Waals surface area contributed by atoms with Gasteiger partial charge in [0, 0.05) is 50.3 Å². The largest absolute Gasteiger partial charge is 0.480 e. The average molecular weight is 882 g/mol. The molecule has 2 aromatic rings. The summed E-state index contributed by atoms with van der Waals surface area (Å²) in [5.41, 5.74) is 1.32. The zero-order chi connectivity index (χ0) is 45.9. The Labute approximate surface area is 370 Å². The van der Waals surface area contributed by atoms with Gasteiger partial charge in [0.25, 0.3) is 0 Å². The number of carbonyl (C=O) groups is 6. The van der Waals surface area contributed by atoms with Crippen molar-refractivity contribution in [1.29, 1.82) is 0 Å². The third-order valence-electron chi connectivity index (χ3n) is 11.2. The van der Waals surface area contributed by atoms with Crippen LogP contribution in [0.1, 0.15) is 117 Å². The topological polar surface area (TPSA) is 202 Å². The zero-order valence-corrected chi connectivity index (χ0v) is 38.0. The number of aliphatic carboxylic acids is 1. The molecule has 63 heavy (non-hydrogen) atoms. The van der Waals surface area contributed by atoms with Gasteiger partial charge in [-0.15, -0.1) is 0 Å². The highest BCUT2D eigenvalue weighted by molar-refractivity contribution is 5.97. The first-order valence-electron chi connectivity index (χ1n) is 22.3. The van der Waals surface area contributed by atoms with Crippen molar-refractivity contribution in [3.63, 3.8) is 0 Å². The van der Waals surface area contributed by atoms with Crippen molar-refractivity contribution in [2.75, 3.05) is 44.6 Å². The molecule has 6 rings (SSSR count). The second-order valence-corrected chi connectivity index (χ2v) is 18.7. The summed E-state index contributed by atoms with van der Waals surface area (Å²) in [7, 11) is 0. The fraction of sp³-hybridized carbons (Fsp3) is 0.667. The van der Waals surface area contributed by atoms with E-state index in [2.05, 4.69) is 10.3 Å². The highest BCUT2D eigenvalue weighted by atomic mass is 16.6. The SMILES string of the molecule is CC(C)(C)OC(=O)N1CCN(C(=O)OC2CCCCC2)C(C(=O)O)C1.Cc1cncn1Cc1cccc(NC(=O)C2CN(C(=O)OC(C)(C)C)CCN2C(=O)OC2CCCCC2)c1. The Morgan fingerprint density at radius 3 is 1.65 bits per heavy atom. The summed E-state index contributed by atoms with van der Waals surface area (Å²) in [6.07, 6.45) is 10.8. The monoisotopic (exact) mass is 881 g/mol. The number of anilines is 1. The van der Waals surface area contributed by atoms with Crippen LogP contribution in [0.5, 0.6) is 0 Å². The van der Waals surface area contributed by atoms with E-state index < -0.39 is 53.6 Å². The molecule has 1 aromatic heterocycles. The first-order chi connectivity index (χ1) is 29.8. The van der Waals surface area contributed by atoms with Crippen LogP contribution in [-0.2, 0) is 35.1 Å². The molecule has 2 N–H and O–H groups in total. The Kier molecular flexibility index (Phi) is 16.7. The van der Waals surface area contributed by atoms with Crippen LogP contribution in [0.3, 0.4) is 0 Å². The lowest BCUT2D eigenvalue weighted by Crippen LogP contribution is -2.61. The van der Waals surface area contributed by atoms with Crippen LogP contribution < -0.4 is 5.32 Å². The van der Waals surface area contributed by atoms with Crippen molar-refractivity contribution >= 4 is 41.9 Å². The minimum atomic E-state index is -1.16. The second kappa shape index (κ2) is 21.7. The van der Waals surface area contributed by atoms with E-state index in [0.29, 0.717) is 12.2 Å². The molecule has 0 spiro atoms. The number of benzene rings is 1. The predicted molar refractivity (Wildman–Crippen MR) is 232 cm³/mol. The molecule has 18 nitrogen and oxygen atoms in total. The Morgan fingerprint density at radius 1 is 0.698 bits per heavy atom. The molecule has 2 aliphatic heterocycles. The highest BCUT2D eigenvalue weighted by Gasteiger charge is 2.41. The molecule has 2 unspecified atom stereocenters. The molecule has 5 amide bonds. The van der Waals surface area contributed by atoms with E-state index in [-0.39, 0.29) is 57.4 Å². The number of imidazole rings is 1. The minimum Gasteiger partial charge on any atom is -0.480 e. The normalized spacial score (nSPS) is 20.2. The number of carboxylic acid groups (broad SMARTS) is 1. The number of rotatable bonds is 7. The summed E-state index contributed by atoms with van der Waals surface area (Å²) in [5, 5.41) is 12.4. The Hall–Kier alpha value is -5.55. The second-order valence-electron chi connectivity index (χ2n) is 18.7. The van der Waals surface area contributed by atoms with Gasteiger partial charge in [0.05, 0.1) is 19.4 Å². The van der Waals surface area contributed by atoms with Gasteiger partial charge in [0.2, 0.25) is 5.91 Å². The van der Waals surface area contributed by atoms with E-state index in [0.717, 1.165) is 75.5 Å². The van der Waals surface area contributed by atoms with Gasteiger partial charge in [-0.05, 0) is 118 Å².